The summed E-state index contributed by atoms with van der Waals surface area (Å²) in [4.78, 5) is 17.7. The molecule has 2 atom stereocenters. The van der Waals surface area contributed by atoms with Crippen molar-refractivity contribution in [2.24, 2.45) is 11.3 Å². The molecule has 2 aromatic rings. The molecule has 0 aromatic heterocycles. The molecular weight excluding hydrogens is 344 g/mol. The van der Waals surface area contributed by atoms with E-state index in [1.165, 1.54) is 11.1 Å². The molecule has 2 aromatic carbocycles. The standard InChI is InChI=1S/C25H30N2O/c1-3-15-26-16-23-17-27(24(28)22-11-9-20(2)10-12-22)19-25(23,18-26)14-13-21-7-5-4-6-8-21/h3-12,23H,1,13-19H2,2H3. The fourth-order valence-corrected chi connectivity index (χ4v) is 5.04. The molecule has 1 amide bonds. The zero-order valence-corrected chi connectivity index (χ0v) is 16.8. The monoisotopic (exact) mass is 374 g/mol. The molecule has 2 unspecified atom stereocenters. The van der Waals surface area contributed by atoms with Crippen LogP contribution in [-0.4, -0.2) is 48.4 Å². The predicted octanol–water partition coefficient (Wildman–Crippen LogP) is 4.19. The second-order valence-corrected chi connectivity index (χ2v) is 8.58. The summed E-state index contributed by atoms with van der Waals surface area (Å²) in [6, 6.07) is 18.7. The number of fused-ring (bicyclic) bond motifs is 1. The fourth-order valence-electron chi connectivity index (χ4n) is 5.04. The minimum atomic E-state index is 0.184. The number of likely N-dealkylation sites (tertiary alicyclic amines) is 2. The van der Waals surface area contributed by atoms with Crippen LogP contribution >= 0.6 is 0 Å². The number of amides is 1. The van der Waals surface area contributed by atoms with Gasteiger partial charge in [0, 0.05) is 43.7 Å². The Bertz CT molecular complexity index is 829. The summed E-state index contributed by atoms with van der Waals surface area (Å²) < 4.78 is 0. The zero-order chi connectivity index (χ0) is 19.6. The molecule has 28 heavy (non-hydrogen) atoms. The minimum Gasteiger partial charge on any atom is -0.338 e. The Balaban J connectivity index is 1.51. The molecule has 146 valence electrons. The number of carbonyl (C=O) groups excluding carboxylic acids is 1. The first-order valence-electron chi connectivity index (χ1n) is 10.3. The van der Waals surface area contributed by atoms with Gasteiger partial charge in [-0.1, -0.05) is 54.1 Å². The Morgan fingerprint density at radius 3 is 2.57 bits per heavy atom. The first kappa shape index (κ1) is 18.9. The van der Waals surface area contributed by atoms with Crippen LogP contribution in [0.15, 0.2) is 67.3 Å². The Morgan fingerprint density at radius 1 is 1.11 bits per heavy atom. The fraction of sp³-hybridized carbons (Fsp3) is 0.400. The summed E-state index contributed by atoms with van der Waals surface area (Å²) in [5, 5.41) is 0. The van der Waals surface area contributed by atoms with E-state index in [1.807, 2.05) is 30.3 Å². The third-order valence-electron chi connectivity index (χ3n) is 6.56. The lowest BCUT2D eigenvalue weighted by atomic mass is 9.76. The van der Waals surface area contributed by atoms with E-state index in [0.717, 1.165) is 51.1 Å². The number of benzene rings is 2. The molecule has 3 heteroatoms. The largest absolute Gasteiger partial charge is 0.338 e. The lowest BCUT2D eigenvalue weighted by Gasteiger charge is -2.29. The van der Waals surface area contributed by atoms with Crippen molar-refractivity contribution in [3.8, 4) is 0 Å². The smallest absolute Gasteiger partial charge is 0.253 e. The number of carbonyl (C=O) groups is 1. The second kappa shape index (κ2) is 7.92. The van der Waals surface area contributed by atoms with Crippen LogP contribution in [0.4, 0.5) is 0 Å². The van der Waals surface area contributed by atoms with Gasteiger partial charge in [0.25, 0.3) is 5.91 Å². The Kier molecular flexibility index (Phi) is 5.36. The molecule has 0 N–H and O–H groups in total. The average molecular weight is 375 g/mol. The van der Waals surface area contributed by atoms with Crippen molar-refractivity contribution in [2.75, 3.05) is 32.7 Å². The van der Waals surface area contributed by atoms with E-state index in [2.05, 4.69) is 53.6 Å². The Labute approximate surface area is 168 Å². The van der Waals surface area contributed by atoms with Crippen molar-refractivity contribution >= 4 is 5.91 Å². The molecular formula is C25H30N2O. The maximum absolute atomic E-state index is 13.1. The van der Waals surface area contributed by atoms with Crippen LogP contribution in [0, 0.1) is 18.3 Å². The first-order valence-corrected chi connectivity index (χ1v) is 10.3. The average Bonchev–Trinajstić information content (AvgIpc) is 3.21. The summed E-state index contributed by atoms with van der Waals surface area (Å²) in [7, 11) is 0. The molecule has 0 spiro atoms. The molecule has 2 aliphatic rings. The summed E-state index contributed by atoms with van der Waals surface area (Å²) in [5.41, 5.74) is 3.58. The van der Waals surface area contributed by atoms with Crippen molar-refractivity contribution in [3.63, 3.8) is 0 Å². The van der Waals surface area contributed by atoms with Crippen LogP contribution in [0.5, 0.6) is 0 Å². The lowest BCUT2D eigenvalue weighted by Crippen LogP contribution is -2.37. The van der Waals surface area contributed by atoms with Crippen LogP contribution < -0.4 is 0 Å². The topological polar surface area (TPSA) is 23.6 Å². The van der Waals surface area contributed by atoms with Gasteiger partial charge < -0.3 is 4.90 Å². The third kappa shape index (κ3) is 3.77. The highest BCUT2D eigenvalue weighted by Gasteiger charge is 2.52. The lowest BCUT2D eigenvalue weighted by molar-refractivity contribution is 0.0758. The quantitative estimate of drug-likeness (QED) is 0.708. The van der Waals surface area contributed by atoms with Gasteiger partial charge in [0.15, 0.2) is 0 Å². The van der Waals surface area contributed by atoms with Crippen LogP contribution in [0.3, 0.4) is 0 Å². The Hall–Kier alpha value is -2.39. The molecule has 3 nitrogen and oxygen atoms in total. The third-order valence-corrected chi connectivity index (χ3v) is 6.56. The Morgan fingerprint density at radius 2 is 1.86 bits per heavy atom. The highest BCUT2D eigenvalue weighted by atomic mass is 16.2. The first-order chi connectivity index (χ1) is 13.6. The predicted molar refractivity (Wildman–Crippen MR) is 114 cm³/mol. The van der Waals surface area contributed by atoms with E-state index in [0.29, 0.717) is 5.92 Å². The maximum Gasteiger partial charge on any atom is 0.253 e. The van der Waals surface area contributed by atoms with E-state index in [1.54, 1.807) is 0 Å². The molecule has 0 saturated carbocycles. The van der Waals surface area contributed by atoms with Crippen molar-refractivity contribution in [2.45, 2.75) is 19.8 Å². The van der Waals surface area contributed by atoms with Gasteiger partial charge in [0.2, 0.25) is 0 Å². The van der Waals surface area contributed by atoms with E-state index in [4.69, 9.17) is 0 Å². The van der Waals surface area contributed by atoms with E-state index in [-0.39, 0.29) is 11.3 Å². The maximum atomic E-state index is 13.1. The molecule has 0 bridgehead atoms. The van der Waals surface area contributed by atoms with Crippen LogP contribution in [0.25, 0.3) is 0 Å². The van der Waals surface area contributed by atoms with Gasteiger partial charge in [-0.15, -0.1) is 6.58 Å². The highest BCUT2D eigenvalue weighted by Crippen LogP contribution is 2.46. The van der Waals surface area contributed by atoms with Gasteiger partial charge in [-0.05, 0) is 43.4 Å². The number of aryl methyl sites for hydroxylation is 2. The van der Waals surface area contributed by atoms with Crippen molar-refractivity contribution in [1.29, 1.82) is 0 Å². The molecule has 2 heterocycles. The minimum absolute atomic E-state index is 0.184. The van der Waals surface area contributed by atoms with Gasteiger partial charge in [-0.25, -0.2) is 0 Å². The number of hydrogen-bond acceptors (Lipinski definition) is 2. The van der Waals surface area contributed by atoms with E-state index < -0.39 is 0 Å². The van der Waals surface area contributed by atoms with Crippen molar-refractivity contribution < 1.29 is 4.79 Å². The van der Waals surface area contributed by atoms with E-state index in [9.17, 15) is 4.79 Å². The van der Waals surface area contributed by atoms with Crippen LogP contribution in [0.2, 0.25) is 0 Å². The second-order valence-electron chi connectivity index (χ2n) is 8.58. The molecule has 2 fully saturated rings. The summed E-state index contributed by atoms with van der Waals surface area (Å²) in [5.74, 6) is 0.731. The summed E-state index contributed by atoms with van der Waals surface area (Å²) >= 11 is 0. The molecule has 4 rings (SSSR count). The van der Waals surface area contributed by atoms with Crippen molar-refractivity contribution in [1.82, 2.24) is 9.80 Å². The summed E-state index contributed by atoms with van der Waals surface area (Å²) in [6.07, 6.45) is 4.21. The van der Waals surface area contributed by atoms with Gasteiger partial charge in [0.05, 0.1) is 0 Å². The van der Waals surface area contributed by atoms with Crippen molar-refractivity contribution in [3.05, 3.63) is 83.9 Å². The number of rotatable bonds is 6. The molecule has 0 aliphatic carbocycles. The van der Waals surface area contributed by atoms with Gasteiger partial charge in [-0.3, -0.25) is 9.69 Å². The zero-order valence-electron chi connectivity index (χ0n) is 16.8. The number of nitrogens with zero attached hydrogens (tertiary/aromatic N) is 2. The normalized spacial score (nSPS) is 24.3. The molecule has 2 saturated heterocycles. The van der Waals surface area contributed by atoms with Crippen LogP contribution in [0.1, 0.15) is 27.9 Å². The molecule has 0 radical (unpaired) electrons. The SMILES string of the molecule is C=CCN1CC2CN(C(=O)c3ccc(C)cc3)CC2(CCc2ccccc2)C1. The molecule has 2 aliphatic heterocycles. The van der Waals surface area contributed by atoms with Gasteiger partial charge >= 0.3 is 0 Å². The summed E-state index contributed by atoms with van der Waals surface area (Å²) in [6.45, 7) is 10.8. The van der Waals surface area contributed by atoms with E-state index >= 15 is 0 Å². The highest BCUT2D eigenvalue weighted by molar-refractivity contribution is 5.94. The van der Waals surface area contributed by atoms with Crippen LogP contribution in [-0.2, 0) is 6.42 Å². The number of hydrogen-bond donors (Lipinski definition) is 0. The van der Waals surface area contributed by atoms with Gasteiger partial charge in [-0.2, -0.15) is 0 Å². The van der Waals surface area contributed by atoms with Gasteiger partial charge in [0.1, 0.15) is 0 Å².